The Balaban J connectivity index is 2.10. The van der Waals surface area contributed by atoms with E-state index in [1.54, 1.807) is 0 Å². The van der Waals surface area contributed by atoms with Gasteiger partial charge in [0.2, 0.25) is 0 Å². The highest BCUT2D eigenvalue weighted by atomic mass is 15.3. The maximum atomic E-state index is 5.83. The largest absolute Gasteiger partial charge is 0.272 e. The highest BCUT2D eigenvalue weighted by Gasteiger charge is 2.27. The zero-order valence-electron chi connectivity index (χ0n) is 12.7. The van der Waals surface area contributed by atoms with Gasteiger partial charge in [-0.2, -0.15) is 5.10 Å². The molecule has 0 radical (unpaired) electrons. The van der Waals surface area contributed by atoms with E-state index in [1.807, 2.05) is 11.7 Å². The second-order valence-electron chi connectivity index (χ2n) is 6.28. The molecule has 3 unspecified atom stereocenters. The molecule has 4 nitrogen and oxygen atoms in total. The molecule has 0 saturated heterocycles. The average molecular weight is 264 g/mol. The summed E-state index contributed by atoms with van der Waals surface area (Å²) in [5.74, 6) is 7.37. The first-order valence-corrected chi connectivity index (χ1v) is 7.48. The summed E-state index contributed by atoms with van der Waals surface area (Å²) in [6.45, 7) is 6.60. The number of nitrogens with one attached hydrogen (secondary N) is 1. The number of nitrogens with zero attached hydrogens (tertiary/aromatic N) is 2. The van der Waals surface area contributed by atoms with Crippen LogP contribution in [0.4, 0.5) is 0 Å². The highest BCUT2D eigenvalue weighted by Crippen LogP contribution is 2.32. The summed E-state index contributed by atoms with van der Waals surface area (Å²) in [4.78, 5) is 0. The Morgan fingerprint density at radius 1 is 1.42 bits per heavy atom. The number of hydrogen-bond donors (Lipinski definition) is 2. The van der Waals surface area contributed by atoms with Crippen LogP contribution in [0.5, 0.6) is 0 Å². The molecule has 1 fully saturated rings. The van der Waals surface area contributed by atoms with E-state index in [4.69, 9.17) is 5.84 Å². The predicted octanol–water partition coefficient (Wildman–Crippen LogP) is 2.24. The van der Waals surface area contributed by atoms with Crippen molar-refractivity contribution in [2.24, 2.45) is 24.7 Å². The number of rotatable bonds is 4. The van der Waals surface area contributed by atoms with Gasteiger partial charge in [0.25, 0.3) is 0 Å². The Bertz CT molecular complexity index is 424. The minimum atomic E-state index is 0.379. The standard InChI is InChI=1S/C15H28N4/c1-10-6-5-7-13(8-10)15(17-16)9-14-11(2)18-19(4)12(14)3/h10,13,15,17H,5-9,16H2,1-4H3. The fourth-order valence-corrected chi connectivity index (χ4v) is 3.54. The molecule has 108 valence electrons. The van der Waals surface area contributed by atoms with E-state index in [2.05, 4.69) is 31.3 Å². The van der Waals surface area contributed by atoms with Crippen LogP contribution in [0.2, 0.25) is 0 Å². The van der Waals surface area contributed by atoms with Crippen LogP contribution in [-0.4, -0.2) is 15.8 Å². The molecule has 2 rings (SSSR count). The molecule has 0 amide bonds. The maximum Gasteiger partial charge on any atom is 0.0628 e. The molecule has 1 aliphatic rings. The van der Waals surface area contributed by atoms with Gasteiger partial charge in [-0.1, -0.05) is 19.8 Å². The summed E-state index contributed by atoms with van der Waals surface area (Å²) in [5, 5.41) is 4.51. The molecule has 1 aromatic heterocycles. The van der Waals surface area contributed by atoms with E-state index in [0.29, 0.717) is 12.0 Å². The fraction of sp³-hybridized carbons (Fsp3) is 0.800. The zero-order chi connectivity index (χ0) is 14.0. The average Bonchev–Trinajstić information content (AvgIpc) is 2.61. The summed E-state index contributed by atoms with van der Waals surface area (Å²) in [7, 11) is 2.01. The number of aryl methyl sites for hydroxylation is 2. The molecular formula is C15H28N4. The van der Waals surface area contributed by atoms with Crippen LogP contribution in [0, 0.1) is 25.7 Å². The van der Waals surface area contributed by atoms with Crippen LogP contribution in [0.25, 0.3) is 0 Å². The van der Waals surface area contributed by atoms with Gasteiger partial charge in [0.1, 0.15) is 0 Å². The Labute approximate surface area is 116 Å². The highest BCUT2D eigenvalue weighted by molar-refractivity contribution is 5.25. The van der Waals surface area contributed by atoms with Crippen molar-refractivity contribution < 1.29 is 0 Å². The van der Waals surface area contributed by atoms with Gasteiger partial charge in [-0.3, -0.25) is 16.0 Å². The van der Waals surface area contributed by atoms with E-state index in [-0.39, 0.29) is 0 Å². The lowest BCUT2D eigenvalue weighted by Crippen LogP contribution is -2.44. The van der Waals surface area contributed by atoms with Gasteiger partial charge >= 0.3 is 0 Å². The lowest BCUT2D eigenvalue weighted by atomic mass is 9.77. The van der Waals surface area contributed by atoms with Crippen LogP contribution in [0.3, 0.4) is 0 Å². The first-order chi connectivity index (χ1) is 9.02. The third-order valence-electron chi connectivity index (χ3n) is 4.84. The van der Waals surface area contributed by atoms with E-state index in [9.17, 15) is 0 Å². The van der Waals surface area contributed by atoms with E-state index in [1.165, 1.54) is 36.9 Å². The lowest BCUT2D eigenvalue weighted by molar-refractivity contribution is 0.221. The van der Waals surface area contributed by atoms with Crippen molar-refractivity contribution in [2.45, 2.75) is 58.9 Å². The van der Waals surface area contributed by atoms with E-state index >= 15 is 0 Å². The van der Waals surface area contributed by atoms with Crippen molar-refractivity contribution in [2.75, 3.05) is 0 Å². The van der Waals surface area contributed by atoms with Crippen LogP contribution >= 0.6 is 0 Å². The summed E-state index contributed by atoms with van der Waals surface area (Å²) in [6.07, 6.45) is 6.32. The van der Waals surface area contributed by atoms with Crippen molar-refractivity contribution in [1.29, 1.82) is 0 Å². The number of hydrogen-bond acceptors (Lipinski definition) is 3. The molecule has 1 saturated carbocycles. The predicted molar refractivity (Wildman–Crippen MR) is 78.6 cm³/mol. The molecule has 0 aliphatic heterocycles. The minimum absolute atomic E-state index is 0.379. The quantitative estimate of drug-likeness (QED) is 0.648. The second-order valence-corrected chi connectivity index (χ2v) is 6.28. The first-order valence-electron chi connectivity index (χ1n) is 7.48. The van der Waals surface area contributed by atoms with Crippen LogP contribution in [0.1, 0.15) is 49.6 Å². The minimum Gasteiger partial charge on any atom is -0.272 e. The monoisotopic (exact) mass is 264 g/mol. The summed E-state index contributed by atoms with van der Waals surface area (Å²) in [5.41, 5.74) is 6.84. The van der Waals surface area contributed by atoms with Crippen molar-refractivity contribution in [3.63, 3.8) is 0 Å². The number of aromatic nitrogens is 2. The van der Waals surface area contributed by atoms with Gasteiger partial charge in [0.05, 0.1) is 5.69 Å². The van der Waals surface area contributed by atoms with Gasteiger partial charge in [-0.15, -0.1) is 0 Å². The lowest BCUT2D eigenvalue weighted by Gasteiger charge is -2.33. The van der Waals surface area contributed by atoms with Crippen molar-refractivity contribution in [1.82, 2.24) is 15.2 Å². The summed E-state index contributed by atoms with van der Waals surface area (Å²) < 4.78 is 1.97. The molecule has 0 aromatic carbocycles. The Morgan fingerprint density at radius 3 is 2.68 bits per heavy atom. The number of nitrogens with two attached hydrogens (primary N) is 1. The third-order valence-corrected chi connectivity index (χ3v) is 4.84. The van der Waals surface area contributed by atoms with Crippen LogP contribution in [0.15, 0.2) is 0 Å². The zero-order valence-corrected chi connectivity index (χ0v) is 12.7. The van der Waals surface area contributed by atoms with Gasteiger partial charge in [-0.05, 0) is 50.5 Å². The van der Waals surface area contributed by atoms with E-state index < -0.39 is 0 Å². The third kappa shape index (κ3) is 3.18. The molecule has 1 heterocycles. The van der Waals surface area contributed by atoms with Gasteiger partial charge in [-0.25, -0.2) is 0 Å². The van der Waals surface area contributed by atoms with Crippen molar-refractivity contribution >= 4 is 0 Å². The smallest absolute Gasteiger partial charge is 0.0628 e. The maximum absolute atomic E-state index is 5.83. The molecule has 1 aliphatic carbocycles. The molecule has 19 heavy (non-hydrogen) atoms. The van der Waals surface area contributed by atoms with Crippen LogP contribution in [-0.2, 0) is 13.5 Å². The van der Waals surface area contributed by atoms with Crippen molar-refractivity contribution in [3.05, 3.63) is 17.0 Å². The molecule has 0 bridgehead atoms. The van der Waals surface area contributed by atoms with E-state index in [0.717, 1.165) is 18.0 Å². The molecular weight excluding hydrogens is 236 g/mol. The second kappa shape index (κ2) is 6.06. The fourth-order valence-electron chi connectivity index (χ4n) is 3.54. The molecule has 3 atom stereocenters. The molecule has 0 spiro atoms. The normalized spacial score (nSPS) is 25.5. The van der Waals surface area contributed by atoms with Gasteiger partial charge in [0.15, 0.2) is 0 Å². The molecule has 4 heteroatoms. The van der Waals surface area contributed by atoms with Crippen LogP contribution < -0.4 is 11.3 Å². The Hall–Kier alpha value is -0.870. The number of hydrazine groups is 1. The summed E-state index contributed by atoms with van der Waals surface area (Å²) >= 11 is 0. The summed E-state index contributed by atoms with van der Waals surface area (Å²) in [6, 6.07) is 0.379. The first kappa shape index (κ1) is 14.5. The SMILES string of the molecule is Cc1nn(C)c(C)c1CC(NN)C1CCCC(C)C1. The van der Waals surface area contributed by atoms with Gasteiger partial charge in [0, 0.05) is 18.8 Å². The topological polar surface area (TPSA) is 55.9 Å². The van der Waals surface area contributed by atoms with Crippen molar-refractivity contribution in [3.8, 4) is 0 Å². The molecule has 1 aromatic rings. The Morgan fingerprint density at radius 2 is 2.16 bits per heavy atom. The van der Waals surface area contributed by atoms with Gasteiger partial charge < -0.3 is 0 Å². The molecule has 3 N–H and O–H groups in total. The Kier molecular flexibility index (Phi) is 4.63.